The molecule has 1 saturated heterocycles. The lowest BCUT2D eigenvalue weighted by Gasteiger charge is -2.23. The number of likely N-dealkylation sites (N-methyl/N-ethyl adjacent to an activating group) is 1. The Morgan fingerprint density at radius 2 is 2.33 bits per heavy atom. The third kappa shape index (κ3) is 1.90. The Labute approximate surface area is 107 Å². The Kier molecular flexibility index (Phi) is 3.04. The predicted molar refractivity (Wildman–Crippen MR) is 70.3 cm³/mol. The molecule has 4 heteroatoms. The highest BCUT2D eigenvalue weighted by atomic mass is 16.2. The van der Waals surface area contributed by atoms with Gasteiger partial charge in [0.2, 0.25) is 5.91 Å². The topological polar surface area (TPSA) is 45.2 Å². The van der Waals surface area contributed by atoms with E-state index in [4.69, 9.17) is 0 Å². The third-order valence-electron chi connectivity index (χ3n) is 4.34. The van der Waals surface area contributed by atoms with Crippen molar-refractivity contribution in [3.05, 3.63) is 24.4 Å². The van der Waals surface area contributed by atoms with Gasteiger partial charge in [0.1, 0.15) is 5.82 Å². The lowest BCUT2D eigenvalue weighted by molar-refractivity contribution is -0.121. The molecule has 3 rings (SSSR count). The van der Waals surface area contributed by atoms with Crippen molar-refractivity contribution in [2.24, 2.45) is 11.8 Å². The quantitative estimate of drug-likeness (QED) is 0.857. The summed E-state index contributed by atoms with van der Waals surface area (Å²) < 4.78 is 0. The fourth-order valence-electron chi connectivity index (χ4n) is 3.33. The van der Waals surface area contributed by atoms with Crippen molar-refractivity contribution in [1.82, 2.24) is 10.3 Å². The second kappa shape index (κ2) is 4.69. The summed E-state index contributed by atoms with van der Waals surface area (Å²) in [7, 11) is 1.81. The van der Waals surface area contributed by atoms with Crippen LogP contribution in [0.1, 0.15) is 19.3 Å². The van der Waals surface area contributed by atoms with Crippen LogP contribution in [-0.4, -0.2) is 30.5 Å². The summed E-state index contributed by atoms with van der Waals surface area (Å²) >= 11 is 0. The zero-order valence-corrected chi connectivity index (χ0v) is 10.7. The van der Waals surface area contributed by atoms with Gasteiger partial charge in [0.15, 0.2) is 0 Å². The number of hydrogen-bond acceptors (Lipinski definition) is 3. The maximum atomic E-state index is 12.5. The molecular formula is C14H19N3O. The number of carbonyl (C=O) groups excluding carboxylic acids is 1. The van der Waals surface area contributed by atoms with Crippen molar-refractivity contribution >= 4 is 11.7 Å². The number of carbonyl (C=O) groups is 1. The van der Waals surface area contributed by atoms with E-state index < -0.39 is 0 Å². The van der Waals surface area contributed by atoms with E-state index in [1.807, 2.05) is 25.2 Å². The summed E-state index contributed by atoms with van der Waals surface area (Å²) in [5.41, 5.74) is 0. The van der Waals surface area contributed by atoms with E-state index in [1.54, 1.807) is 11.1 Å². The summed E-state index contributed by atoms with van der Waals surface area (Å²) in [5.74, 6) is 2.12. The van der Waals surface area contributed by atoms with Crippen LogP contribution in [0.3, 0.4) is 0 Å². The summed E-state index contributed by atoms with van der Waals surface area (Å²) in [6, 6.07) is 5.64. The van der Waals surface area contributed by atoms with Gasteiger partial charge in [-0.2, -0.15) is 0 Å². The van der Waals surface area contributed by atoms with E-state index in [0.717, 1.165) is 12.4 Å². The summed E-state index contributed by atoms with van der Waals surface area (Å²) in [4.78, 5) is 18.4. The highest BCUT2D eigenvalue weighted by Crippen LogP contribution is 2.38. The smallest absolute Gasteiger partial charge is 0.245 e. The molecule has 1 N–H and O–H groups in total. The van der Waals surface area contributed by atoms with E-state index in [9.17, 15) is 4.79 Å². The molecule has 3 atom stereocenters. The number of hydrogen-bond donors (Lipinski definition) is 1. The number of nitrogens with zero attached hydrogens (tertiary/aromatic N) is 2. The average Bonchev–Trinajstić information content (AvgIpc) is 3.00. The molecule has 2 heterocycles. The maximum Gasteiger partial charge on any atom is 0.245 e. The van der Waals surface area contributed by atoms with Crippen molar-refractivity contribution in [1.29, 1.82) is 0 Å². The van der Waals surface area contributed by atoms with Crippen LogP contribution in [0, 0.1) is 11.8 Å². The van der Waals surface area contributed by atoms with Crippen LogP contribution >= 0.6 is 0 Å². The van der Waals surface area contributed by atoms with Gasteiger partial charge in [-0.05, 0) is 43.4 Å². The van der Waals surface area contributed by atoms with Gasteiger partial charge in [-0.25, -0.2) is 4.98 Å². The Balaban J connectivity index is 1.75. The molecule has 0 radical (unpaired) electrons. The molecule has 1 aliphatic carbocycles. The van der Waals surface area contributed by atoms with Crippen molar-refractivity contribution in [2.75, 3.05) is 18.5 Å². The van der Waals surface area contributed by atoms with Gasteiger partial charge in [-0.1, -0.05) is 12.5 Å². The van der Waals surface area contributed by atoms with Crippen molar-refractivity contribution in [3.8, 4) is 0 Å². The van der Waals surface area contributed by atoms with E-state index in [0.29, 0.717) is 11.8 Å². The molecule has 0 spiro atoms. The first-order valence-electron chi connectivity index (χ1n) is 6.69. The average molecular weight is 245 g/mol. The highest BCUT2D eigenvalue weighted by Gasteiger charge is 2.43. The Hall–Kier alpha value is -1.42. The first kappa shape index (κ1) is 11.7. The van der Waals surface area contributed by atoms with Crippen molar-refractivity contribution < 1.29 is 4.79 Å². The normalized spacial score (nSPS) is 30.2. The molecular weight excluding hydrogens is 226 g/mol. The molecule has 3 unspecified atom stereocenters. The first-order valence-corrected chi connectivity index (χ1v) is 6.69. The maximum absolute atomic E-state index is 12.5. The SMILES string of the molecule is CN(C(=O)C1NCC2CCCC21)c1ccccn1. The fourth-order valence-corrected chi connectivity index (χ4v) is 3.33. The van der Waals surface area contributed by atoms with Gasteiger partial charge in [0.05, 0.1) is 6.04 Å². The van der Waals surface area contributed by atoms with Gasteiger partial charge in [-0.3, -0.25) is 9.69 Å². The number of pyridine rings is 1. The number of rotatable bonds is 2. The molecule has 18 heavy (non-hydrogen) atoms. The molecule has 0 bridgehead atoms. The van der Waals surface area contributed by atoms with E-state index in [-0.39, 0.29) is 11.9 Å². The largest absolute Gasteiger partial charge is 0.305 e. The van der Waals surface area contributed by atoms with Gasteiger partial charge in [0.25, 0.3) is 0 Å². The number of fused-ring (bicyclic) bond motifs is 1. The second-order valence-electron chi connectivity index (χ2n) is 5.33. The van der Waals surface area contributed by atoms with Crippen molar-refractivity contribution in [2.45, 2.75) is 25.3 Å². The molecule has 1 saturated carbocycles. The van der Waals surface area contributed by atoms with Crippen LogP contribution < -0.4 is 10.2 Å². The summed E-state index contributed by atoms with van der Waals surface area (Å²) in [5, 5.41) is 3.39. The Bertz CT molecular complexity index is 434. The number of nitrogens with one attached hydrogen (secondary N) is 1. The van der Waals surface area contributed by atoms with Crippen LogP contribution in [0.5, 0.6) is 0 Å². The van der Waals surface area contributed by atoms with Crippen LogP contribution in [0.25, 0.3) is 0 Å². The fraction of sp³-hybridized carbons (Fsp3) is 0.571. The van der Waals surface area contributed by atoms with Crippen LogP contribution in [0.4, 0.5) is 5.82 Å². The lowest BCUT2D eigenvalue weighted by atomic mass is 9.93. The molecule has 1 aromatic heterocycles. The zero-order valence-electron chi connectivity index (χ0n) is 10.7. The zero-order chi connectivity index (χ0) is 12.5. The third-order valence-corrected chi connectivity index (χ3v) is 4.34. The van der Waals surface area contributed by atoms with Crippen LogP contribution in [-0.2, 0) is 4.79 Å². The number of aromatic nitrogens is 1. The summed E-state index contributed by atoms with van der Waals surface area (Å²) in [6.45, 7) is 0.997. The standard InChI is InChI=1S/C14H19N3O/c1-17(12-7-2-3-8-15-12)14(18)13-11-6-4-5-10(11)9-16-13/h2-3,7-8,10-11,13,16H,4-6,9H2,1H3. The first-order chi connectivity index (χ1) is 8.77. The Morgan fingerprint density at radius 1 is 1.44 bits per heavy atom. The Morgan fingerprint density at radius 3 is 3.11 bits per heavy atom. The van der Waals surface area contributed by atoms with Gasteiger partial charge >= 0.3 is 0 Å². The molecule has 1 aliphatic heterocycles. The van der Waals surface area contributed by atoms with Crippen LogP contribution in [0.2, 0.25) is 0 Å². The molecule has 2 aliphatic rings. The van der Waals surface area contributed by atoms with E-state index >= 15 is 0 Å². The van der Waals surface area contributed by atoms with Crippen molar-refractivity contribution in [3.63, 3.8) is 0 Å². The molecule has 96 valence electrons. The molecule has 0 aromatic carbocycles. The minimum Gasteiger partial charge on any atom is -0.305 e. The second-order valence-corrected chi connectivity index (χ2v) is 5.33. The molecule has 1 amide bonds. The summed E-state index contributed by atoms with van der Waals surface area (Å²) in [6.07, 6.45) is 5.45. The van der Waals surface area contributed by atoms with E-state index in [1.165, 1.54) is 19.3 Å². The monoisotopic (exact) mass is 245 g/mol. The lowest BCUT2D eigenvalue weighted by Crippen LogP contribution is -2.45. The minimum atomic E-state index is -0.00972. The number of amides is 1. The number of anilines is 1. The minimum absolute atomic E-state index is 0.00972. The van der Waals surface area contributed by atoms with Gasteiger partial charge < -0.3 is 5.32 Å². The molecule has 1 aromatic rings. The van der Waals surface area contributed by atoms with Gasteiger partial charge in [-0.15, -0.1) is 0 Å². The van der Waals surface area contributed by atoms with Gasteiger partial charge in [0, 0.05) is 13.2 Å². The van der Waals surface area contributed by atoms with Crippen LogP contribution in [0.15, 0.2) is 24.4 Å². The highest BCUT2D eigenvalue weighted by molar-refractivity contribution is 5.96. The predicted octanol–water partition coefficient (Wildman–Crippen LogP) is 1.43. The molecule has 2 fully saturated rings. The van der Waals surface area contributed by atoms with E-state index in [2.05, 4.69) is 10.3 Å². The molecule has 4 nitrogen and oxygen atoms in total.